The van der Waals surface area contributed by atoms with E-state index in [1.807, 2.05) is 0 Å². The van der Waals surface area contributed by atoms with E-state index in [4.69, 9.17) is 13.7 Å². The highest BCUT2D eigenvalue weighted by atomic mass is 32.2. The fraction of sp³-hybridized carbons (Fsp3) is 0.312. The van der Waals surface area contributed by atoms with E-state index >= 15 is 0 Å². The minimum Gasteiger partial charge on any atom is -0.506 e. The quantitative estimate of drug-likeness (QED) is 0.640. The van der Waals surface area contributed by atoms with Gasteiger partial charge in [0.15, 0.2) is 5.82 Å². The minimum atomic E-state index is -3.63. The summed E-state index contributed by atoms with van der Waals surface area (Å²) in [4.78, 5) is 4.25. The van der Waals surface area contributed by atoms with Crippen molar-refractivity contribution in [1.29, 1.82) is 0 Å². The maximum atomic E-state index is 11.2. The lowest BCUT2D eigenvalue weighted by Gasteiger charge is -2.11. The summed E-state index contributed by atoms with van der Waals surface area (Å²) in [5, 5.41) is 18.4. The first kappa shape index (κ1) is 18.2. The van der Waals surface area contributed by atoms with Gasteiger partial charge in [-0.05, 0) is 19.1 Å². The molecular formula is C16H17N3O6S. The van der Waals surface area contributed by atoms with Crippen molar-refractivity contribution >= 4 is 21.6 Å². The maximum Gasteiger partial charge on any atom is 0.306 e. The highest BCUT2D eigenvalue weighted by Gasteiger charge is 2.20. The van der Waals surface area contributed by atoms with Crippen LogP contribution in [0.4, 0.5) is 11.5 Å². The molecule has 1 aliphatic rings. The molecule has 0 amide bonds. The molecular weight excluding hydrogens is 362 g/mol. The molecule has 0 aliphatic carbocycles. The Morgan fingerprint density at radius 3 is 2.65 bits per heavy atom. The van der Waals surface area contributed by atoms with Gasteiger partial charge in [0.05, 0.1) is 30.9 Å². The smallest absolute Gasteiger partial charge is 0.306 e. The van der Waals surface area contributed by atoms with Gasteiger partial charge in [-0.1, -0.05) is 6.07 Å². The van der Waals surface area contributed by atoms with Crippen LogP contribution in [-0.4, -0.2) is 31.6 Å². The SMILES string of the molecule is Cc1nc(N=Nc2cccc(OS(C)(=O)=O)c2)c2c(c1O)COCOC2. The number of hydrogen-bond acceptors (Lipinski definition) is 9. The van der Waals surface area contributed by atoms with Crippen LogP contribution in [-0.2, 0) is 32.8 Å². The average molecular weight is 379 g/mol. The predicted octanol–water partition coefficient (Wildman–Crippen LogP) is 2.85. The van der Waals surface area contributed by atoms with Gasteiger partial charge in [0.25, 0.3) is 0 Å². The van der Waals surface area contributed by atoms with Gasteiger partial charge in [-0.3, -0.25) is 0 Å². The highest BCUT2D eigenvalue weighted by molar-refractivity contribution is 7.86. The van der Waals surface area contributed by atoms with Gasteiger partial charge in [-0.15, -0.1) is 10.2 Å². The normalized spacial score (nSPS) is 14.8. The highest BCUT2D eigenvalue weighted by Crippen LogP contribution is 2.34. The zero-order valence-electron chi connectivity index (χ0n) is 14.2. The van der Waals surface area contributed by atoms with Crippen molar-refractivity contribution in [3.63, 3.8) is 0 Å². The van der Waals surface area contributed by atoms with Gasteiger partial charge in [-0.2, -0.15) is 8.42 Å². The summed E-state index contributed by atoms with van der Waals surface area (Å²) in [5.74, 6) is 0.484. The Morgan fingerprint density at radius 2 is 1.92 bits per heavy atom. The number of aromatic nitrogens is 1. The lowest BCUT2D eigenvalue weighted by molar-refractivity contribution is -0.0588. The molecule has 1 aromatic heterocycles. The van der Waals surface area contributed by atoms with Gasteiger partial charge >= 0.3 is 10.1 Å². The molecule has 2 heterocycles. The molecule has 9 nitrogen and oxygen atoms in total. The number of azo groups is 1. The molecule has 1 N–H and O–H groups in total. The first-order valence-electron chi connectivity index (χ1n) is 7.61. The van der Waals surface area contributed by atoms with Crippen molar-refractivity contribution in [1.82, 2.24) is 4.98 Å². The molecule has 0 bridgehead atoms. The standard InChI is InChI=1S/C16H17N3O6S/c1-10-15(20)13-7-23-9-24-8-14(13)16(17-10)19-18-11-4-3-5-12(6-11)25-26(2,21)22/h3-6,20H,7-9H2,1-2H3. The number of pyridine rings is 1. The molecule has 0 atom stereocenters. The molecule has 0 saturated heterocycles. The summed E-state index contributed by atoms with van der Waals surface area (Å²) in [6.45, 7) is 2.13. The van der Waals surface area contributed by atoms with Crippen LogP contribution in [0.15, 0.2) is 34.5 Å². The third kappa shape index (κ3) is 4.34. The fourth-order valence-corrected chi connectivity index (χ4v) is 2.84. The van der Waals surface area contributed by atoms with E-state index in [0.717, 1.165) is 6.26 Å². The lowest BCUT2D eigenvalue weighted by Crippen LogP contribution is -2.05. The number of aromatic hydroxyl groups is 1. The molecule has 138 valence electrons. The summed E-state index contributed by atoms with van der Waals surface area (Å²) in [6.07, 6.45) is 0.960. The van der Waals surface area contributed by atoms with Gasteiger partial charge in [0.1, 0.15) is 18.3 Å². The molecule has 1 aliphatic heterocycles. The molecule has 3 rings (SSSR count). The Kier molecular flexibility index (Phi) is 5.16. The molecule has 1 aromatic carbocycles. The van der Waals surface area contributed by atoms with Gasteiger partial charge in [0.2, 0.25) is 0 Å². The van der Waals surface area contributed by atoms with Crippen LogP contribution in [0, 0.1) is 6.92 Å². The van der Waals surface area contributed by atoms with E-state index in [-0.39, 0.29) is 31.5 Å². The van der Waals surface area contributed by atoms with Crippen LogP contribution in [0.2, 0.25) is 0 Å². The van der Waals surface area contributed by atoms with E-state index < -0.39 is 10.1 Å². The summed E-state index contributed by atoms with van der Waals surface area (Å²) >= 11 is 0. The number of aryl methyl sites for hydroxylation is 1. The summed E-state index contributed by atoms with van der Waals surface area (Å²) < 4.78 is 37.9. The van der Waals surface area contributed by atoms with Crippen molar-refractivity contribution in [2.45, 2.75) is 20.1 Å². The molecule has 2 aromatic rings. The van der Waals surface area contributed by atoms with Crippen LogP contribution >= 0.6 is 0 Å². The Bertz CT molecular complexity index is 959. The summed E-state index contributed by atoms with van der Waals surface area (Å²) in [7, 11) is -3.63. The average Bonchev–Trinajstić information content (AvgIpc) is 2.82. The Labute approximate surface area is 150 Å². The Morgan fingerprint density at radius 1 is 1.19 bits per heavy atom. The number of hydrogen-bond donors (Lipinski definition) is 1. The third-order valence-corrected chi connectivity index (χ3v) is 4.02. The Balaban J connectivity index is 1.94. The maximum absolute atomic E-state index is 11.2. The van der Waals surface area contributed by atoms with Crippen molar-refractivity contribution in [2.75, 3.05) is 13.0 Å². The molecule has 0 saturated carbocycles. The van der Waals surface area contributed by atoms with Crippen LogP contribution in [0.5, 0.6) is 11.5 Å². The van der Waals surface area contributed by atoms with Crippen LogP contribution in [0.25, 0.3) is 0 Å². The second-order valence-electron chi connectivity index (χ2n) is 5.63. The number of rotatable bonds is 4. The van der Waals surface area contributed by atoms with Crippen molar-refractivity contribution in [2.24, 2.45) is 10.2 Å². The minimum absolute atomic E-state index is 0.0491. The molecule has 0 unspecified atom stereocenters. The Hall–Kier alpha value is -2.56. The van der Waals surface area contributed by atoms with Crippen LogP contribution in [0.1, 0.15) is 16.8 Å². The third-order valence-electron chi connectivity index (χ3n) is 3.52. The number of ether oxygens (including phenoxy) is 2. The largest absolute Gasteiger partial charge is 0.506 e. The zero-order valence-corrected chi connectivity index (χ0v) is 15.0. The topological polar surface area (TPSA) is 120 Å². The first-order chi connectivity index (χ1) is 12.3. The summed E-state index contributed by atoms with van der Waals surface area (Å²) in [5.41, 5.74) is 1.95. The molecule has 0 spiro atoms. The van der Waals surface area contributed by atoms with Crippen LogP contribution < -0.4 is 4.18 Å². The van der Waals surface area contributed by atoms with Gasteiger partial charge in [0, 0.05) is 17.2 Å². The molecule has 0 fully saturated rings. The second-order valence-corrected chi connectivity index (χ2v) is 7.20. The summed E-state index contributed by atoms with van der Waals surface area (Å²) in [6, 6.07) is 6.18. The van der Waals surface area contributed by atoms with E-state index in [1.165, 1.54) is 12.1 Å². The first-order valence-corrected chi connectivity index (χ1v) is 9.43. The van der Waals surface area contributed by atoms with Crippen molar-refractivity contribution < 1.29 is 27.2 Å². The number of benzene rings is 1. The number of nitrogens with zero attached hydrogens (tertiary/aromatic N) is 3. The number of fused-ring (bicyclic) bond motifs is 1. The fourth-order valence-electron chi connectivity index (χ4n) is 2.39. The molecule has 10 heteroatoms. The van der Waals surface area contributed by atoms with E-state index in [9.17, 15) is 13.5 Å². The van der Waals surface area contributed by atoms with Crippen molar-refractivity contribution in [3.8, 4) is 11.5 Å². The van der Waals surface area contributed by atoms with Gasteiger partial charge < -0.3 is 18.8 Å². The molecule has 26 heavy (non-hydrogen) atoms. The predicted molar refractivity (Wildman–Crippen MR) is 91.2 cm³/mol. The zero-order chi connectivity index (χ0) is 18.7. The monoisotopic (exact) mass is 379 g/mol. The van der Waals surface area contributed by atoms with E-state index in [0.29, 0.717) is 28.3 Å². The van der Waals surface area contributed by atoms with Crippen LogP contribution in [0.3, 0.4) is 0 Å². The second kappa shape index (κ2) is 7.36. The lowest BCUT2D eigenvalue weighted by atomic mass is 10.1. The van der Waals surface area contributed by atoms with Gasteiger partial charge in [-0.25, -0.2) is 4.98 Å². The van der Waals surface area contributed by atoms with E-state index in [2.05, 4.69) is 15.2 Å². The van der Waals surface area contributed by atoms with Crippen molar-refractivity contribution in [3.05, 3.63) is 41.1 Å². The van der Waals surface area contributed by atoms with E-state index in [1.54, 1.807) is 19.1 Å². The molecule has 0 radical (unpaired) electrons.